The van der Waals surface area contributed by atoms with Crippen LogP contribution in [0.25, 0.3) is 0 Å². The van der Waals surface area contributed by atoms with E-state index >= 15 is 0 Å². The van der Waals surface area contributed by atoms with Crippen LogP contribution in [0.1, 0.15) is 31.9 Å². The Hall–Kier alpha value is -1.26. The smallest absolute Gasteiger partial charge is 0.127 e. The minimum absolute atomic E-state index is 0.307. The Bertz CT molecular complexity index is 395. The summed E-state index contributed by atoms with van der Waals surface area (Å²) in [5.74, 6) is 1.77. The number of nitrogens with one attached hydrogen (secondary N) is 1. The molecule has 4 nitrogen and oxygen atoms in total. The zero-order valence-electron chi connectivity index (χ0n) is 11.8. The van der Waals surface area contributed by atoms with Crippen molar-refractivity contribution in [3.63, 3.8) is 0 Å². The van der Waals surface area contributed by atoms with Crippen molar-refractivity contribution in [2.24, 2.45) is 0 Å². The molecule has 0 radical (unpaired) electrons. The molecule has 0 spiro atoms. The third kappa shape index (κ3) is 3.85. The highest BCUT2D eigenvalue weighted by Crippen LogP contribution is 2.35. The Balaban J connectivity index is 1.84. The molecule has 1 aliphatic heterocycles. The number of fused-ring (bicyclic) bond motifs is 1. The van der Waals surface area contributed by atoms with Gasteiger partial charge in [-0.3, -0.25) is 0 Å². The summed E-state index contributed by atoms with van der Waals surface area (Å²) < 4.78 is 16.7. The molecule has 1 heterocycles. The third-order valence-corrected chi connectivity index (χ3v) is 3.06. The lowest BCUT2D eigenvalue weighted by Crippen LogP contribution is -2.21. The van der Waals surface area contributed by atoms with E-state index in [1.165, 1.54) is 5.56 Å². The molecule has 2 rings (SSSR count). The first-order valence-corrected chi connectivity index (χ1v) is 7.05. The maximum atomic E-state index is 5.68. The largest absolute Gasteiger partial charge is 0.491 e. The van der Waals surface area contributed by atoms with Gasteiger partial charge in [-0.25, -0.2) is 0 Å². The highest BCUT2D eigenvalue weighted by atomic mass is 16.5. The van der Waals surface area contributed by atoms with Crippen LogP contribution in [0.4, 0.5) is 0 Å². The summed E-state index contributed by atoms with van der Waals surface area (Å²) in [6.07, 6.45) is 1.04. The van der Waals surface area contributed by atoms with Crippen LogP contribution in [0.2, 0.25) is 0 Å². The number of likely N-dealkylation sites (N-methyl/N-ethyl adjacent to an activating group) is 1. The van der Waals surface area contributed by atoms with Crippen LogP contribution in [-0.2, 0) is 4.74 Å². The van der Waals surface area contributed by atoms with Gasteiger partial charge in [0, 0.05) is 18.2 Å². The third-order valence-electron chi connectivity index (χ3n) is 3.06. The lowest BCUT2D eigenvalue weighted by molar-refractivity contribution is 0.101. The summed E-state index contributed by atoms with van der Waals surface area (Å²) in [7, 11) is 0. The summed E-state index contributed by atoms with van der Waals surface area (Å²) >= 11 is 0. The highest BCUT2D eigenvalue weighted by molar-refractivity contribution is 5.45. The van der Waals surface area contributed by atoms with Gasteiger partial charge in [-0.15, -0.1) is 0 Å². The standard InChI is InChI=1S/C15H23NO3/c1-3-7-17-8-9-18-12-5-6-13-14(16-4-2)11-19-15(13)10-12/h5-6,10,14,16H,3-4,7-9,11H2,1-2H3. The molecule has 0 amide bonds. The SMILES string of the molecule is CCCOCCOc1ccc2c(c1)OCC2NCC. The fraction of sp³-hybridized carbons (Fsp3) is 0.600. The van der Waals surface area contributed by atoms with Crippen LogP contribution < -0.4 is 14.8 Å². The molecule has 0 saturated heterocycles. The first-order chi connectivity index (χ1) is 9.35. The molecular formula is C15H23NO3. The lowest BCUT2D eigenvalue weighted by Gasteiger charge is -2.10. The number of hydrogen-bond donors (Lipinski definition) is 1. The Kier molecular flexibility index (Phi) is 5.48. The maximum Gasteiger partial charge on any atom is 0.127 e. The molecule has 0 bridgehead atoms. The van der Waals surface area contributed by atoms with Crippen molar-refractivity contribution in [3.8, 4) is 11.5 Å². The van der Waals surface area contributed by atoms with Gasteiger partial charge < -0.3 is 19.5 Å². The zero-order valence-corrected chi connectivity index (χ0v) is 11.8. The topological polar surface area (TPSA) is 39.7 Å². The Morgan fingerprint density at radius 3 is 2.95 bits per heavy atom. The van der Waals surface area contributed by atoms with Crippen molar-refractivity contribution in [1.82, 2.24) is 5.32 Å². The molecule has 106 valence electrons. The normalized spacial score (nSPS) is 17.1. The van der Waals surface area contributed by atoms with E-state index in [1.54, 1.807) is 0 Å². The number of rotatable bonds is 8. The van der Waals surface area contributed by atoms with Gasteiger partial charge >= 0.3 is 0 Å². The van der Waals surface area contributed by atoms with E-state index < -0.39 is 0 Å². The van der Waals surface area contributed by atoms with Crippen molar-refractivity contribution < 1.29 is 14.2 Å². The van der Waals surface area contributed by atoms with Crippen LogP contribution in [0.5, 0.6) is 11.5 Å². The maximum absolute atomic E-state index is 5.68. The van der Waals surface area contributed by atoms with E-state index in [1.807, 2.05) is 12.1 Å². The summed E-state index contributed by atoms with van der Waals surface area (Å²) in [4.78, 5) is 0. The van der Waals surface area contributed by atoms with Crippen molar-refractivity contribution in [2.45, 2.75) is 26.3 Å². The van der Waals surface area contributed by atoms with Gasteiger partial charge in [-0.2, -0.15) is 0 Å². The molecule has 1 unspecified atom stereocenters. The zero-order chi connectivity index (χ0) is 13.5. The molecular weight excluding hydrogens is 242 g/mol. The van der Waals surface area contributed by atoms with Crippen molar-refractivity contribution in [3.05, 3.63) is 23.8 Å². The van der Waals surface area contributed by atoms with Crippen molar-refractivity contribution in [2.75, 3.05) is 33.0 Å². The monoisotopic (exact) mass is 265 g/mol. The number of ether oxygens (including phenoxy) is 3. The summed E-state index contributed by atoms with van der Waals surface area (Å²) in [6, 6.07) is 6.35. The minimum atomic E-state index is 0.307. The molecule has 1 aliphatic rings. The first-order valence-electron chi connectivity index (χ1n) is 7.05. The van der Waals surface area contributed by atoms with Crippen LogP contribution in [-0.4, -0.2) is 33.0 Å². The fourth-order valence-corrected chi connectivity index (χ4v) is 2.16. The molecule has 1 aromatic carbocycles. The molecule has 0 aromatic heterocycles. The van der Waals surface area contributed by atoms with E-state index in [4.69, 9.17) is 14.2 Å². The van der Waals surface area contributed by atoms with Crippen LogP contribution in [0.3, 0.4) is 0 Å². The van der Waals surface area contributed by atoms with Gasteiger partial charge in [-0.05, 0) is 25.1 Å². The molecule has 1 N–H and O–H groups in total. The van der Waals surface area contributed by atoms with Crippen molar-refractivity contribution >= 4 is 0 Å². The second-order valence-corrected chi connectivity index (χ2v) is 4.58. The highest BCUT2D eigenvalue weighted by Gasteiger charge is 2.23. The van der Waals surface area contributed by atoms with Gasteiger partial charge in [0.25, 0.3) is 0 Å². The Morgan fingerprint density at radius 1 is 1.26 bits per heavy atom. The molecule has 0 fully saturated rings. The second-order valence-electron chi connectivity index (χ2n) is 4.58. The molecule has 0 aliphatic carbocycles. The van der Waals surface area contributed by atoms with E-state index in [2.05, 4.69) is 25.2 Å². The van der Waals surface area contributed by atoms with E-state index in [9.17, 15) is 0 Å². The quantitative estimate of drug-likeness (QED) is 0.733. The Morgan fingerprint density at radius 2 is 2.16 bits per heavy atom. The molecule has 4 heteroatoms. The molecule has 1 atom stereocenters. The molecule has 0 saturated carbocycles. The average molecular weight is 265 g/mol. The van der Waals surface area contributed by atoms with Gasteiger partial charge in [-0.1, -0.05) is 13.8 Å². The summed E-state index contributed by atoms with van der Waals surface area (Å²) in [5.41, 5.74) is 1.22. The molecule has 19 heavy (non-hydrogen) atoms. The van der Waals surface area contributed by atoms with E-state index in [0.29, 0.717) is 25.9 Å². The van der Waals surface area contributed by atoms with Gasteiger partial charge in [0.1, 0.15) is 24.7 Å². The van der Waals surface area contributed by atoms with E-state index in [-0.39, 0.29) is 0 Å². The van der Waals surface area contributed by atoms with Gasteiger partial charge in [0.2, 0.25) is 0 Å². The number of hydrogen-bond acceptors (Lipinski definition) is 4. The van der Waals surface area contributed by atoms with Crippen LogP contribution in [0.15, 0.2) is 18.2 Å². The van der Waals surface area contributed by atoms with E-state index in [0.717, 1.165) is 31.1 Å². The fourth-order valence-electron chi connectivity index (χ4n) is 2.16. The molecule has 1 aromatic rings. The van der Waals surface area contributed by atoms with Crippen LogP contribution in [0, 0.1) is 0 Å². The minimum Gasteiger partial charge on any atom is -0.491 e. The first kappa shape index (κ1) is 14.2. The predicted molar refractivity (Wildman–Crippen MR) is 75.0 cm³/mol. The van der Waals surface area contributed by atoms with Crippen LogP contribution >= 0.6 is 0 Å². The lowest BCUT2D eigenvalue weighted by atomic mass is 10.1. The summed E-state index contributed by atoms with van der Waals surface area (Å²) in [6.45, 7) is 7.85. The van der Waals surface area contributed by atoms with Crippen molar-refractivity contribution in [1.29, 1.82) is 0 Å². The van der Waals surface area contributed by atoms with Gasteiger partial charge in [0.05, 0.1) is 12.6 Å². The number of benzene rings is 1. The summed E-state index contributed by atoms with van der Waals surface area (Å²) in [5, 5.41) is 3.40. The Labute approximate surface area is 115 Å². The van der Waals surface area contributed by atoms with Gasteiger partial charge in [0.15, 0.2) is 0 Å². The predicted octanol–water partition coefficient (Wildman–Crippen LogP) is 2.54. The second kappa shape index (κ2) is 7.36. The average Bonchev–Trinajstić information content (AvgIpc) is 2.82.